The SMILES string of the molecule is CC1CCC(NC(=O)[C@H](c2ccc(F)cc2)N(C[C@@H]2COc3ccccc3O2)C(=O)CCl)CC1. The Hall–Kier alpha value is -2.80. The maximum absolute atomic E-state index is 13.7. The molecule has 0 unspecified atom stereocenters. The summed E-state index contributed by atoms with van der Waals surface area (Å²) in [5.74, 6) is 0.426. The Morgan fingerprint density at radius 1 is 1.09 bits per heavy atom. The summed E-state index contributed by atoms with van der Waals surface area (Å²) in [6.45, 7) is 2.53. The smallest absolute Gasteiger partial charge is 0.247 e. The van der Waals surface area contributed by atoms with Crippen LogP contribution < -0.4 is 14.8 Å². The van der Waals surface area contributed by atoms with Crippen LogP contribution in [0.1, 0.15) is 44.2 Å². The first-order chi connectivity index (χ1) is 16.4. The van der Waals surface area contributed by atoms with Gasteiger partial charge in [-0.1, -0.05) is 31.2 Å². The monoisotopic (exact) mass is 488 g/mol. The summed E-state index contributed by atoms with van der Waals surface area (Å²) in [5, 5.41) is 3.12. The van der Waals surface area contributed by atoms with Gasteiger partial charge in [0, 0.05) is 6.04 Å². The van der Waals surface area contributed by atoms with E-state index >= 15 is 0 Å². The van der Waals surface area contributed by atoms with Crippen molar-refractivity contribution in [3.05, 3.63) is 59.9 Å². The highest BCUT2D eigenvalue weighted by Crippen LogP contribution is 2.32. The maximum Gasteiger partial charge on any atom is 0.247 e. The molecule has 0 bridgehead atoms. The molecule has 8 heteroatoms. The second kappa shape index (κ2) is 11.1. The van der Waals surface area contributed by atoms with Crippen molar-refractivity contribution in [1.29, 1.82) is 0 Å². The van der Waals surface area contributed by atoms with Crippen molar-refractivity contribution >= 4 is 23.4 Å². The number of nitrogens with zero attached hydrogens (tertiary/aromatic N) is 1. The van der Waals surface area contributed by atoms with Crippen molar-refractivity contribution in [2.45, 2.75) is 50.8 Å². The largest absolute Gasteiger partial charge is 0.486 e. The van der Waals surface area contributed by atoms with Gasteiger partial charge in [0.05, 0.1) is 6.54 Å². The number of amides is 2. The van der Waals surface area contributed by atoms with Gasteiger partial charge < -0.3 is 19.7 Å². The maximum atomic E-state index is 13.7. The number of hydrogen-bond donors (Lipinski definition) is 1. The fraction of sp³-hybridized carbons (Fsp3) is 0.462. The predicted octanol–water partition coefficient (Wildman–Crippen LogP) is 4.47. The Morgan fingerprint density at radius 2 is 1.76 bits per heavy atom. The fourth-order valence-electron chi connectivity index (χ4n) is 4.60. The van der Waals surface area contributed by atoms with Gasteiger partial charge in [-0.05, 0) is 61.4 Å². The van der Waals surface area contributed by atoms with Crippen molar-refractivity contribution in [2.24, 2.45) is 5.92 Å². The third-order valence-electron chi connectivity index (χ3n) is 6.51. The lowest BCUT2D eigenvalue weighted by Gasteiger charge is -2.36. The highest BCUT2D eigenvalue weighted by Gasteiger charge is 2.36. The molecule has 0 spiro atoms. The first-order valence-corrected chi connectivity index (χ1v) is 12.3. The molecule has 1 N–H and O–H groups in total. The van der Waals surface area contributed by atoms with E-state index in [-0.39, 0.29) is 31.0 Å². The molecule has 4 rings (SSSR count). The number of ether oxygens (including phenoxy) is 2. The van der Waals surface area contributed by atoms with Crippen molar-refractivity contribution in [1.82, 2.24) is 10.2 Å². The van der Waals surface area contributed by atoms with Crippen molar-refractivity contribution in [2.75, 3.05) is 19.0 Å². The molecule has 2 aliphatic rings. The summed E-state index contributed by atoms with van der Waals surface area (Å²) in [7, 11) is 0. The number of nitrogens with one attached hydrogen (secondary N) is 1. The minimum absolute atomic E-state index is 0.0424. The Balaban J connectivity index is 1.58. The van der Waals surface area contributed by atoms with Crippen LogP contribution in [0.4, 0.5) is 4.39 Å². The van der Waals surface area contributed by atoms with Gasteiger partial charge in [0.2, 0.25) is 11.8 Å². The molecular formula is C26H30ClFN2O4. The van der Waals surface area contributed by atoms with E-state index in [4.69, 9.17) is 21.1 Å². The fourth-order valence-corrected chi connectivity index (χ4v) is 4.76. The van der Waals surface area contributed by atoms with Crippen LogP contribution in [0.15, 0.2) is 48.5 Å². The highest BCUT2D eigenvalue weighted by molar-refractivity contribution is 6.27. The molecule has 2 atom stereocenters. The van der Waals surface area contributed by atoms with Gasteiger partial charge >= 0.3 is 0 Å². The van der Waals surface area contributed by atoms with E-state index in [1.54, 1.807) is 6.07 Å². The third kappa shape index (κ3) is 5.81. The zero-order chi connectivity index (χ0) is 24.1. The first-order valence-electron chi connectivity index (χ1n) is 11.7. The summed E-state index contributed by atoms with van der Waals surface area (Å²) >= 11 is 5.96. The van der Waals surface area contributed by atoms with Crippen molar-refractivity contribution in [3.8, 4) is 11.5 Å². The minimum Gasteiger partial charge on any atom is -0.486 e. The molecule has 2 aromatic rings. The number of rotatable bonds is 7. The number of hydrogen-bond acceptors (Lipinski definition) is 4. The molecule has 2 aromatic carbocycles. The average Bonchev–Trinajstić information content (AvgIpc) is 2.85. The molecule has 182 valence electrons. The molecular weight excluding hydrogens is 459 g/mol. The van der Waals surface area contributed by atoms with Crippen molar-refractivity contribution in [3.63, 3.8) is 0 Å². The van der Waals surface area contributed by atoms with E-state index in [2.05, 4.69) is 12.2 Å². The van der Waals surface area contributed by atoms with E-state index < -0.39 is 23.9 Å². The number of benzene rings is 2. The van der Waals surface area contributed by atoms with Gasteiger partial charge in [-0.2, -0.15) is 0 Å². The molecule has 1 fully saturated rings. The van der Waals surface area contributed by atoms with Gasteiger partial charge in [-0.15, -0.1) is 11.6 Å². The molecule has 1 aliphatic heterocycles. The summed E-state index contributed by atoms with van der Waals surface area (Å²) in [5.41, 5.74) is 0.513. The predicted molar refractivity (Wildman–Crippen MR) is 127 cm³/mol. The average molecular weight is 489 g/mol. The number of halogens is 2. The first kappa shape index (κ1) is 24.3. The van der Waals surface area contributed by atoms with E-state index in [0.717, 1.165) is 25.7 Å². The molecule has 1 saturated carbocycles. The third-order valence-corrected chi connectivity index (χ3v) is 6.74. The van der Waals surface area contributed by atoms with Crippen LogP contribution in [0.3, 0.4) is 0 Å². The van der Waals surface area contributed by atoms with Crippen molar-refractivity contribution < 1.29 is 23.5 Å². The molecule has 34 heavy (non-hydrogen) atoms. The van der Waals surface area contributed by atoms with Gasteiger partial charge in [0.15, 0.2) is 17.6 Å². The van der Waals surface area contributed by atoms with Gasteiger partial charge in [-0.25, -0.2) is 4.39 Å². The highest BCUT2D eigenvalue weighted by atomic mass is 35.5. The number of carbonyl (C=O) groups is 2. The Kier molecular flexibility index (Phi) is 7.93. The molecule has 1 aliphatic carbocycles. The van der Waals surface area contributed by atoms with Gasteiger partial charge in [-0.3, -0.25) is 9.59 Å². The standard InChI is InChI=1S/C26H30ClFN2O4/c1-17-6-12-20(13-7-17)29-26(32)25(18-8-10-19(28)11-9-18)30(24(31)14-27)15-21-16-33-22-4-2-3-5-23(22)34-21/h2-5,8-11,17,20-21,25H,6-7,12-16H2,1H3,(H,29,32)/t17?,20?,21-,25+/m1/s1. The lowest BCUT2D eigenvalue weighted by molar-refractivity contribution is -0.141. The van der Waals surface area contributed by atoms with Crippen LogP contribution >= 0.6 is 11.6 Å². The number of alkyl halides is 1. The van der Waals surface area contributed by atoms with Crippen LogP contribution in [0.2, 0.25) is 0 Å². The molecule has 0 aromatic heterocycles. The van der Waals surface area contributed by atoms with Gasteiger partial charge in [0.1, 0.15) is 24.3 Å². The molecule has 2 amide bonds. The number of fused-ring (bicyclic) bond motifs is 1. The Bertz CT molecular complexity index is 995. The molecule has 0 radical (unpaired) electrons. The van der Waals surface area contributed by atoms with Crippen LogP contribution in [-0.4, -0.2) is 47.9 Å². The summed E-state index contributed by atoms with van der Waals surface area (Å²) in [6, 6.07) is 12.0. The lowest BCUT2D eigenvalue weighted by atomic mass is 9.87. The summed E-state index contributed by atoms with van der Waals surface area (Å²) in [4.78, 5) is 28.0. The minimum atomic E-state index is -0.966. The molecule has 1 heterocycles. The number of carbonyl (C=O) groups excluding carboxylic acids is 2. The van der Waals surface area contributed by atoms with Crippen LogP contribution in [0.5, 0.6) is 11.5 Å². The normalized spacial score (nSPS) is 22.5. The Morgan fingerprint density at radius 3 is 2.44 bits per heavy atom. The van der Waals surface area contributed by atoms with Crippen LogP contribution in [0, 0.1) is 11.7 Å². The van der Waals surface area contributed by atoms with E-state index in [1.165, 1.54) is 29.2 Å². The zero-order valence-corrected chi connectivity index (χ0v) is 20.0. The van der Waals surface area contributed by atoms with E-state index in [0.29, 0.717) is 23.0 Å². The van der Waals surface area contributed by atoms with E-state index in [1.807, 2.05) is 18.2 Å². The second-order valence-corrected chi connectivity index (χ2v) is 9.36. The van der Waals surface area contributed by atoms with E-state index in [9.17, 15) is 14.0 Å². The Labute approximate surface area is 204 Å². The zero-order valence-electron chi connectivity index (χ0n) is 19.2. The topological polar surface area (TPSA) is 67.9 Å². The number of para-hydroxylation sites is 2. The summed E-state index contributed by atoms with van der Waals surface area (Å²) in [6.07, 6.45) is 3.38. The van der Waals surface area contributed by atoms with Crippen LogP contribution in [0.25, 0.3) is 0 Å². The summed E-state index contributed by atoms with van der Waals surface area (Å²) < 4.78 is 25.5. The molecule has 6 nitrogen and oxygen atoms in total. The quantitative estimate of drug-likeness (QED) is 0.584. The van der Waals surface area contributed by atoms with Gasteiger partial charge in [0.25, 0.3) is 0 Å². The lowest BCUT2D eigenvalue weighted by Crippen LogP contribution is -2.51. The second-order valence-electron chi connectivity index (χ2n) is 9.10. The van der Waals surface area contributed by atoms with Crippen LogP contribution in [-0.2, 0) is 9.59 Å². The molecule has 0 saturated heterocycles.